The number of thiazole rings is 1. The summed E-state index contributed by atoms with van der Waals surface area (Å²) in [5.74, 6) is -2.77. The second kappa shape index (κ2) is 13.0. The smallest absolute Gasteiger partial charge is 0.338 e. The Bertz CT molecular complexity index is 2290. The molecule has 3 aromatic carbocycles. The van der Waals surface area contributed by atoms with Gasteiger partial charge in [0.1, 0.15) is 5.75 Å². The molecule has 0 unspecified atom stereocenters. The highest BCUT2D eigenvalue weighted by Crippen LogP contribution is 2.69. The molecule has 2 aliphatic carbocycles. The first-order chi connectivity index (χ1) is 24.9. The number of H-pyrrole nitrogens is 1. The third-order valence-corrected chi connectivity index (χ3v) is 14.0. The number of hydrogen-bond acceptors (Lipinski definition) is 11. The fourth-order valence-electron chi connectivity index (χ4n) is 8.52. The van der Waals surface area contributed by atoms with E-state index in [1.165, 1.54) is 29.2 Å². The molecule has 3 amide bonds. The molecule has 4 aliphatic rings. The SMILES string of the molecule is CCOC(=O)c1ccc(N2C(=O)[C@H]3[C@H]4C[C@@H]([C@@H]3C2=O)[C@@H]2[C@H](c3ccccc3OCC(=O)Nc3ccc(S(N)(=O)=O)cc3)c3sc(=O)[nH]c3S[C@H]42)cc1. The van der Waals surface area contributed by atoms with Gasteiger partial charge in [0.15, 0.2) is 6.61 Å². The molecule has 0 spiro atoms. The van der Waals surface area contributed by atoms with Crippen molar-refractivity contribution in [2.45, 2.75) is 34.4 Å². The number of aromatic amines is 1. The molecule has 8 rings (SSSR count). The number of anilines is 2. The molecular formula is C36H32N4O9S3. The van der Waals surface area contributed by atoms with E-state index in [0.717, 1.165) is 26.8 Å². The number of primary sulfonamides is 1. The number of aromatic nitrogens is 1. The number of amides is 3. The van der Waals surface area contributed by atoms with E-state index in [1.807, 2.05) is 12.1 Å². The maximum atomic E-state index is 14.2. The average molecular weight is 761 g/mol. The number of imide groups is 1. The number of benzene rings is 3. The number of esters is 1. The predicted octanol–water partition coefficient (Wildman–Crippen LogP) is 3.96. The van der Waals surface area contributed by atoms with E-state index in [9.17, 15) is 32.4 Å². The van der Waals surface area contributed by atoms with Crippen molar-refractivity contribution in [3.05, 3.63) is 98.5 Å². The van der Waals surface area contributed by atoms with Crippen LogP contribution in [0.25, 0.3) is 0 Å². The minimum atomic E-state index is -3.88. The molecule has 16 heteroatoms. The second-order valence-electron chi connectivity index (χ2n) is 13.2. The monoisotopic (exact) mass is 760 g/mol. The summed E-state index contributed by atoms with van der Waals surface area (Å²) in [4.78, 5) is 70.9. The van der Waals surface area contributed by atoms with E-state index in [4.69, 9.17) is 14.6 Å². The largest absolute Gasteiger partial charge is 0.483 e. The molecule has 3 heterocycles. The van der Waals surface area contributed by atoms with Crippen molar-refractivity contribution in [3.8, 4) is 5.75 Å². The molecule has 2 aliphatic heterocycles. The number of sulfonamides is 1. The summed E-state index contributed by atoms with van der Waals surface area (Å²) in [6.45, 7) is 1.59. The molecule has 1 saturated heterocycles. The topological polar surface area (TPSA) is 195 Å². The number of para-hydroxylation sites is 1. The van der Waals surface area contributed by atoms with E-state index in [-0.39, 0.29) is 63.7 Å². The fraction of sp³-hybridized carbons (Fsp3) is 0.306. The van der Waals surface area contributed by atoms with Gasteiger partial charge in [0.25, 0.3) is 5.91 Å². The zero-order chi connectivity index (χ0) is 36.5. The lowest BCUT2D eigenvalue weighted by molar-refractivity contribution is -0.123. The molecule has 2 bridgehead atoms. The lowest BCUT2D eigenvalue weighted by Crippen LogP contribution is -2.42. The summed E-state index contributed by atoms with van der Waals surface area (Å²) in [7, 11) is -3.88. The second-order valence-corrected chi connectivity index (χ2v) is 16.9. The third-order valence-electron chi connectivity index (χ3n) is 10.4. The Morgan fingerprint density at radius 2 is 1.65 bits per heavy atom. The Kier molecular flexibility index (Phi) is 8.59. The highest BCUT2D eigenvalue weighted by atomic mass is 32.2. The van der Waals surface area contributed by atoms with Crippen LogP contribution in [0.3, 0.4) is 0 Å². The van der Waals surface area contributed by atoms with Crippen LogP contribution in [0.1, 0.15) is 40.1 Å². The highest BCUT2D eigenvalue weighted by Gasteiger charge is 2.69. The van der Waals surface area contributed by atoms with Crippen LogP contribution in [0.15, 0.2) is 87.5 Å². The van der Waals surface area contributed by atoms with Crippen LogP contribution >= 0.6 is 23.1 Å². The van der Waals surface area contributed by atoms with Crippen LogP contribution in [0.2, 0.25) is 0 Å². The molecule has 2 saturated carbocycles. The molecule has 3 fully saturated rings. The number of carbonyl (C=O) groups excluding carboxylic acids is 4. The van der Waals surface area contributed by atoms with Crippen LogP contribution in [-0.4, -0.2) is 55.6 Å². The average Bonchev–Trinajstić information content (AvgIpc) is 3.86. The van der Waals surface area contributed by atoms with Gasteiger partial charge in [-0.05, 0) is 85.7 Å². The van der Waals surface area contributed by atoms with Crippen molar-refractivity contribution < 1.29 is 37.1 Å². The molecule has 1 aromatic heterocycles. The summed E-state index contributed by atoms with van der Waals surface area (Å²) in [6, 6.07) is 19.1. The molecule has 0 radical (unpaired) electrons. The van der Waals surface area contributed by atoms with Gasteiger partial charge in [-0.25, -0.2) is 18.4 Å². The number of nitrogens with one attached hydrogen (secondary N) is 2. The van der Waals surface area contributed by atoms with E-state index < -0.39 is 33.7 Å². The summed E-state index contributed by atoms with van der Waals surface area (Å²) in [5, 5.41) is 8.53. The van der Waals surface area contributed by atoms with Gasteiger partial charge < -0.3 is 19.8 Å². The van der Waals surface area contributed by atoms with Crippen molar-refractivity contribution in [2.75, 3.05) is 23.4 Å². The van der Waals surface area contributed by atoms with E-state index >= 15 is 0 Å². The van der Waals surface area contributed by atoms with E-state index in [1.54, 1.807) is 55.1 Å². The summed E-state index contributed by atoms with van der Waals surface area (Å²) in [5.41, 5.74) is 1.86. The number of fused-ring (bicyclic) bond motifs is 9. The lowest BCUT2D eigenvalue weighted by Gasteiger charge is -2.43. The number of hydrogen-bond donors (Lipinski definition) is 3. The molecule has 52 heavy (non-hydrogen) atoms. The van der Waals surface area contributed by atoms with Gasteiger partial charge in [0, 0.05) is 27.3 Å². The van der Waals surface area contributed by atoms with Gasteiger partial charge in [0.05, 0.1) is 39.6 Å². The quantitative estimate of drug-likeness (QED) is 0.166. The van der Waals surface area contributed by atoms with Gasteiger partial charge in [0.2, 0.25) is 21.8 Å². The van der Waals surface area contributed by atoms with Gasteiger partial charge in [-0.1, -0.05) is 29.5 Å². The van der Waals surface area contributed by atoms with Gasteiger partial charge >= 0.3 is 10.8 Å². The number of nitrogens with two attached hydrogens (primary N) is 1. The van der Waals surface area contributed by atoms with Crippen LogP contribution in [0.4, 0.5) is 11.4 Å². The van der Waals surface area contributed by atoms with Crippen LogP contribution in [-0.2, 0) is 29.1 Å². The standard InChI is InChI=1S/C36H32N4O9S3/c1-2-48-35(44)17-7-11-19(12-8-17)40-33(42)28-22-15-23(29(28)34(40)43)30-27(22)26(31-32(50-30)39-36(45)51-31)21-5-3-4-6-24(21)49-16-25(41)38-18-9-13-20(14-10-18)52(37,46)47/h3-14,22-23,26-30H,2,15-16H2,1H3,(H,38,41)(H,39,45)(H2,37,46,47)/t22-,23-,26+,27-,28+,29+,30-/m1/s1. The van der Waals surface area contributed by atoms with Crippen molar-refractivity contribution in [2.24, 2.45) is 34.7 Å². The molecular weight excluding hydrogens is 729 g/mol. The van der Waals surface area contributed by atoms with Crippen LogP contribution in [0, 0.1) is 29.6 Å². The molecule has 13 nitrogen and oxygen atoms in total. The number of carbonyl (C=O) groups is 4. The maximum Gasteiger partial charge on any atom is 0.338 e. The molecule has 7 atom stereocenters. The summed E-state index contributed by atoms with van der Waals surface area (Å²) < 4.78 is 34.4. The van der Waals surface area contributed by atoms with Crippen molar-refractivity contribution in [1.82, 2.24) is 4.98 Å². The van der Waals surface area contributed by atoms with Crippen LogP contribution < -0.4 is 25.0 Å². The predicted molar refractivity (Wildman–Crippen MR) is 192 cm³/mol. The summed E-state index contributed by atoms with van der Waals surface area (Å²) >= 11 is 2.69. The highest BCUT2D eigenvalue weighted by molar-refractivity contribution is 8.00. The lowest BCUT2D eigenvalue weighted by atomic mass is 9.68. The molecule has 268 valence electrons. The Balaban J connectivity index is 1.07. The Morgan fingerprint density at radius 1 is 0.962 bits per heavy atom. The first-order valence-corrected chi connectivity index (χ1v) is 19.9. The normalized spacial score (nSPS) is 25.7. The van der Waals surface area contributed by atoms with E-state index in [2.05, 4.69) is 10.3 Å². The minimum Gasteiger partial charge on any atom is -0.483 e. The first-order valence-electron chi connectivity index (χ1n) is 16.6. The van der Waals surface area contributed by atoms with Crippen molar-refractivity contribution in [1.29, 1.82) is 0 Å². The Hall–Kier alpha value is -4.77. The number of thioether (sulfide) groups is 1. The van der Waals surface area contributed by atoms with Crippen molar-refractivity contribution in [3.63, 3.8) is 0 Å². The van der Waals surface area contributed by atoms with Gasteiger partial charge in [-0.2, -0.15) is 0 Å². The number of ether oxygens (including phenoxy) is 2. The van der Waals surface area contributed by atoms with E-state index in [0.29, 0.717) is 29.1 Å². The van der Waals surface area contributed by atoms with Crippen molar-refractivity contribution >= 4 is 68.2 Å². The minimum absolute atomic E-state index is 0.0615. The Morgan fingerprint density at radius 3 is 2.35 bits per heavy atom. The number of rotatable bonds is 9. The Labute approximate surface area is 305 Å². The third kappa shape index (κ3) is 5.73. The molecule has 4 N–H and O–H groups in total. The fourth-order valence-corrected chi connectivity index (χ4v) is 11.9. The first kappa shape index (κ1) is 34.3. The van der Waals surface area contributed by atoms with Gasteiger partial charge in [-0.3, -0.25) is 24.1 Å². The zero-order valence-electron chi connectivity index (χ0n) is 27.5. The molecule has 4 aromatic rings. The van der Waals surface area contributed by atoms with Gasteiger partial charge in [-0.15, -0.1) is 11.8 Å². The number of nitrogens with zero attached hydrogens (tertiary/aromatic N) is 1. The zero-order valence-corrected chi connectivity index (χ0v) is 30.0. The maximum absolute atomic E-state index is 14.2. The summed E-state index contributed by atoms with van der Waals surface area (Å²) in [6.07, 6.45) is 0.691. The van der Waals surface area contributed by atoms with Crippen LogP contribution in [0.5, 0.6) is 5.75 Å².